The van der Waals surface area contributed by atoms with Gasteiger partial charge < -0.3 is 4.57 Å². The van der Waals surface area contributed by atoms with Crippen molar-refractivity contribution in [1.29, 1.82) is 0 Å². The van der Waals surface area contributed by atoms with Gasteiger partial charge in [0, 0.05) is 23.9 Å². The third-order valence-electron chi connectivity index (χ3n) is 3.29. The first kappa shape index (κ1) is 12.9. The van der Waals surface area contributed by atoms with Gasteiger partial charge in [0.15, 0.2) is 7.14 Å². The lowest BCUT2D eigenvalue weighted by Crippen LogP contribution is -2.24. The van der Waals surface area contributed by atoms with Crippen molar-refractivity contribution in [3.05, 3.63) is 73.1 Å². The van der Waals surface area contributed by atoms with Gasteiger partial charge in [-0.3, -0.25) is 4.68 Å². The molecule has 0 saturated carbocycles. The van der Waals surface area contributed by atoms with Gasteiger partial charge in [-0.25, -0.2) is 0 Å². The normalized spacial score (nSPS) is 11.4. The Morgan fingerprint density at radius 2 is 1.35 bits per heavy atom. The summed E-state index contributed by atoms with van der Waals surface area (Å²) in [4.78, 5) is 0. The molecule has 0 unspecified atom stereocenters. The summed E-state index contributed by atoms with van der Waals surface area (Å²) in [6.45, 7) is 0. The van der Waals surface area contributed by atoms with Crippen molar-refractivity contribution >= 4 is 23.1 Å². The average Bonchev–Trinajstić information content (AvgIpc) is 2.95. The van der Waals surface area contributed by atoms with E-state index in [1.54, 1.807) is 10.9 Å². The van der Waals surface area contributed by atoms with Gasteiger partial charge in [0.1, 0.15) is 0 Å². The molecule has 0 spiro atoms. The first-order chi connectivity index (χ1) is 9.71. The van der Waals surface area contributed by atoms with Crippen molar-refractivity contribution in [2.75, 3.05) is 0 Å². The molecule has 0 aliphatic heterocycles. The van der Waals surface area contributed by atoms with E-state index in [4.69, 9.17) is 0 Å². The summed E-state index contributed by atoms with van der Waals surface area (Å²) < 4.78 is 15.5. The Kier molecular flexibility index (Phi) is 3.29. The smallest absolute Gasteiger partial charge is 0.174 e. The highest BCUT2D eigenvalue weighted by Gasteiger charge is 2.30. The van der Waals surface area contributed by atoms with Gasteiger partial charge in [-0.2, -0.15) is 5.10 Å². The zero-order valence-corrected chi connectivity index (χ0v) is 12.1. The molecule has 0 atom stereocenters. The maximum absolute atomic E-state index is 13.8. The topological polar surface area (TPSA) is 34.9 Å². The third-order valence-corrected chi connectivity index (χ3v) is 6.30. The highest BCUT2D eigenvalue weighted by Crippen LogP contribution is 2.41. The summed E-state index contributed by atoms with van der Waals surface area (Å²) in [5.41, 5.74) is 0. The van der Waals surface area contributed by atoms with E-state index in [0.29, 0.717) is 0 Å². The van der Waals surface area contributed by atoms with Crippen LogP contribution < -0.4 is 15.9 Å². The molecule has 2 aromatic carbocycles. The largest absolute Gasteiger partial charge is 0.309 e. The molecule has 0 amide bonds. The highest BCUT2D eigenvalue weighted by atomic mass is 31.2. The van der Waals surface area contributed by atoms with E-state index >= 15 is 0 Å². The number of rotatable bonds is 3. The Morgan fingerprint density at radius 3 is 1.75 bits per heavy atom. The molecule has 3 nitrogen and oxygen atoms in total. The maximum atomic E-state index is 13.8. The van der Waals surface area contributed by atoms with Gasteiger partial charge in [0.05, 0.1) is 11.5 Å². The molecule has 0 radical (unpaired) electrons. The van der Waals surface area contributed by atoms with Gasteiger partial charge in [0.25, 0.3) is 0 Å². The molecule has 0 aliphatic rings. The molecule has 0 bridgehead atoms. The first-order valence-electron chi connectivity index (χ1n) is 6.42. The number of nitrogens with zero attached hydrogens (tertiary/aromatic N) is 2. The number of aromatic nitrogens is 2. The highest BCUT2D eigenvalue weighted by molar-refractivity contribution is 7.85. The van der Waals surface area contributed by atoms with Crippen LogP contribution in [0.2, 0.25) is 0 Å². The van der Waals surface area contributed by atoms with E-state index in [9.17, 15) is 4.57 Å². The minimum Gasteiger partial charge on any atom is -0.309 e. The van der Waals surface area contributed by atoms with E-state index in [0.717, 1.165) is 15.9 Å². The van der Waals surface area contributed by atoms with E-state index in [-0.39, 0.29) is 0 Å². The number of hydrogen-bond donors (Lipinski definition) is 0. The summed E-state index contributed by atoms with van der Waals surface area (Å²) in [6.07, 6.45) is 3.53. The standard InChI is InChI=1S/C16H15N2OP/c1-18-13-16(12-17-18)20(19,14-8-4-2-5-9-14)15-10-6-3-7-11-15/h2-13H,1H3. The SMILES string of the molecule is Cn1cc(P(=O)(c2ccccc2)c2ccccc2)cn1. The lowest BCUT2D eigenvalue weighted by Gasteiger charge is -2.17. The van der Waals surface area contributed by atoms with E-state index in [1.807, 2.05) is 73.9 Å². The van der Waals surface area contributed by atoms with E-state index < -0.39 is 7.14 Å². The summed E-state index contributed by atoms with van der Waals surface area (Å²) in [7, 11) is -1.00. The molecule has 100 valence electrons. The molecule has 20 heavy (non-hydrogen) atoms. The summed E-state index contributed by atoms with van der Waals surface area (Å²) in [5.74, 6) is 0. The second kappa shape index (κ2) is 5.10. The zero-order valence-electron chi connectivity index (χ0n) is 11.2. The minimum atomic E-state index is -2.84. The van der Waals surface area contributed by atoms with Gasteiger partial charge in [-0.05, 0) is 0 Å². The van der Waals surface area contributed by atoms with Gasteiger partial charge in [0.2, 0.25) is 0 Å². The molecule has 4 heteroatoms. The van der Waals surface area contributed by atoms with Crippen molar-refractivity contribution in [2.24, 2.45) is 7.05 Å². The minimum absolute atomic E-state index is 0.761. The van der Waals surface area contributed by atoms with E-state index in [2.05, 4.69) is 5.10 Å². The van der Waals surface area contributed by atoms with Crippen molar-refractivity contribution in [2.45, 2.75) is 0 Å². The molecular weight excluding hydrogens is 267 g/mol. The molecule has 1 aromatic heterocycles. The van der Waals surface area contributed by atoms with Gasteiger partial charge in [-0.1, -0.05) is 60.7 Å². The molecule has 3 rings (SSSR count). The van der Waals surface area contributed by atoms with Crippen LogP contribution in [-0.2, 0) is 11.6 Å². The second-order valence-corrected chi connectivity index (χ2v) is 7.42. The lowest BCUT2D eigenvalue weighted by atomic mass is 10.4. The van der Waals surface area contributed by atoms with E-state index in [1.165, 1.54) is 0 Å². The molecule has 0 saturated heterocycles. The summed E-state index contributed by atoms with van der Waals surface area (Å²) >= 11 is 0. The van der Waals surface area contributed by atoms with Crippen LogP contribution in [0.5, 0.6) is 0 Å². The van der Waals surface area contributed by atoms with Crippen LogP contribution in [0.3, 0.4) is 0 Å². The fraction of sp³-hybridized carbons (Fsp3) is 0.0625. The van der Waals surface area contributed by atoms with Crippen LogP contribution in [0.15, 0.2) is 73.1 Å². The average molecular weight is 282 g/mol. The summed E-state index contributed by atoms with van der Waals surface area (Å²) in [6, 6.07) is 19.2. The van der Waals surface area contributed by atoms with Crippen LogP contribution in [0.4, 0.5) is 0 Å². The predicted molar refractivity (Wildman–Crippen MR) is 82.6 cm³/mol. The van der Waals surface area contributed by atoms with Gasteiger partial charge >= 0.3 is 0 Å². The Morgan fingerprint density at radius 1 is 0.850 bits per heavy atom. The van der Waals surface area contributed by atoms with Crippen LogP contribution in [0, 0.1) is 0 Å². The van der Waals surface area contributed by atoms with Gasteiger partial charge in [-0.15, -0.1) is 0 Å². The molecule has 0 N–H and O–H groups in total. The lowest BCUT2D eigenvalue weighted by molar-refractivity contribution is 0.592. The van der Waals surface area contributed by atoms with Crippen molar-refractivity contribution in [1.82, 2.24) is 9.78 Å². The van der Waals surface area contributed by atoms with Crippen LogP contribution >= 0.6 is 7.14 Å². The molecule has 0 aliphatic carbocycles. The van der Waals surface area contributed by atoms with Crippen LogP contribution in [0.1, 0.15) is 0 Å². The maximum Gasteiger partial charge on any atom is 0.174 e. The number of hydrogen-bond acceptors (Lipinski definition) is 2. The molecule has 1 heterocycles. The zero-order chi connectivity index (χ0) is 14.0. The Hall–Kier alpha value is -2.12. The monoisotopic (exact) mass is 282 g/mol. The van der Waals surface area contributed by atoms with Crippen LogP contribution in [0.25, 0.3) is 0 Å². The molecule has 3 aromatic rings. The first-order valence-corrected chi connectivity index (χ1v) is 8.12. The number of benzene rings is 2. The van der Waals surface area contributed by atoms with Crippen molar-refractivity contribution in [3.63, 3.8) is 0 Å². The Bertz CT molecular complexity index is 707. The summed E-state index contributed by atoms with van der Waals surface area (Å²) in [5, 5.41) is 6.60. The Labute approximate surface area is 118 Å². The number of aryl methyl sites for hydroxylation is 1. The molecular formula is C16H15N2OP. The van der Waals surface area contributed by atoms with Crippen molar-refractivity contribution in [3.8, 4) is 0 Å². The quantitative estimate of drug-likeness (QED) is 0.689. The fourth-order valence-corrected chi connectivity index (χ4v) is 4.92. The fourth-order valence-electron chi connectivity index (χ4n) is 2.29. The third kappa shape index (κ3) is 2.10. The van der Waals surface area contributed by atoms with Crippen molar-refractivity contribution < 1.29 is 4.57 Å². The second-order valence-electron chi connectivity index (χ2n) is 4.65. The Balaban J connectivity index is 2.26. The predicted octanol–water partition coefficient (Wildman–Crippen LogP) is 2.06. The molecule has 0 fully saturated rings. The van der Waals surface area contributed by atoms with Crippen LogP contribution in [-0.4, -0.2) is 9.78 Å².